The van der Waals surface area contributed by atoms with Crippen LogP contribution in [0.25, 0.3) is 0 Å². The summed E-state index contributed by atoms with van der Waals surface area (Å²) in [7, 11) is 0. The van der Waals surface area contributed by atoms with Gasteiger partial charge in [-0.3, -0.25) is 9.69 Å². The van der Waals surface area contributed by atoms with E-state index in [1.165, 1.54) is 6.42 Å². The number of carbonyl (C=O) groups excluding carboxylic acids is 1. The fourth-order valence-electron chi connectivity index (χ4n) is 2.28. The quantitative estimate of drug-likeness (QED) is 0.698. The largest absolute Gasteiger partial charge is 0.377 e. The van der Waals surface area contributed by atoms with E-state index >= 15 is 0 Å². The molecule has 0 amide bonds. The van der Waals surface area contributed by atoms with E-state index in [0.717, 1.165) is 26.1 Å². The second-order valence-electron chi connectivity index (χ2n) is 4.47. The zero-order valence-corrected chi connectivity index (χ0v) is 10.2. The topological polar surface area (TPSA) is 29.5 Å². The minimum atomic E-state index is 0.279. The van der Waals surface area contributed by atoms with Gasteiger partial charge in [0.1, 0.15) is 5.78 Å². The van der Waals surface area contributed by atoms with Gasteiger partial charge in [-0.2, -0.15) is 0 Å². The first-order valence-corrected chi connectivity index (χ1v) is 5.98. The van der Waals surface area contributed by atoms with Gasteiger partial charge in [0, 0.05) is 25.6 Å². The Balaban J connectivity index is 2.37. The van der Waals surface area contributed by atoms with Crippen molar-refractivity contribution in [1.29, 1.82) is 0 Å². The maximum absolute atomic E-state index is 11.0. The van der Waals surface area contributed by atoms with Gasteiger partial charge >= 0.3 is 0 Å². The van der Waals surface area contributed by atoms with Crippen LogP contribution in [0.5, 0.6) is 0 Å². The first-order valence-electron chi connectivity index (χ1n) is 5.98. The molecule has 1 heterocycles. The van der Waals surface area contributed by atoms with Crippen LogP contribution in [0.4, 0.5) is 0 Å². The molecule has 88 valence electrons. The Morgan fingerprint density at radius 3 is 2.93 bits per heavy atom. The van der Waals surface area contributed by atoms with E-state index in [0.29, 0.717) is 18.6 Å². The highest BCUT2D eigenvalue weighted by Crippen LogP contribution is 2.17. The summed E-state index contributed by atoms with van der Waals surface area (Å²) in [5, 5.41) is 0. The van der Waals surface area contributed by atoms with Gasteiger partial charge in [0.25, 0.3) is 0 Å². The van der Waals surface area contributed by atoms with E-state index in [1.807, 2.05) is 6.92 Å². The minimum absolute atomic E-state index is 0.279. The summed E-state index contributed by atoms with van der Waals surface area (Å²) in [4.78, 5) is 13.4. The molecule has 1 rings (SSSR count). The number of piperidine rings is 1. The van der Waals surface area contributed by atoms with Crippen molar-refractivity contribution in [3.63, 3.8) is 0 Å². The Morgan fingerprint density at radius 2 is 2.33 bits per heavy atom. The number of nitrogens with zero attached hydrogens (tertiary/aromatic N) is 1. The number of ether oxygens (including phenoxy) is 1. The first-order chi connectivity index (χ1) is 7.13. The molecule has 0 aromatic heterocycles. The van der Waals surface area contributed by atoms with Gasteiger partial charge in [-0.05, 0) is 40.2 Å². The summed E-state index contributed by atoms with van der Waals surface area (Å²) in [6.07, 6.45) is 3.39. The van der Waals surface area contributed by atoms with Gasteiger partial charge in [-0.1, -0.05) is 0 Å². The molecule has 0 radical (unpaired) electrons. The predicted molar refractivity (Wildman–Crippen MR) is 61.0 cm³/mol. The van der Waals surface area contributed by atoms with E-state index in [9.17, 15) is 4.79 Å². The number of likely N-dealkylation sites (tertiary alicyclic amines) is 1. The van der Waals surface area contributed by atoms with Crippen LogP contribution in [-0.2, 0) is 9.53 Å². The molecule has 0 N–H and O–H groups in total. The Hall–Kier alpha value is -0.410. The van der Waals surface area contributed by atoms with Crippen LogP contribution in [0.2, 0.25) is 0 Å². The smallest absolute Gasteiger partial charge is 0.131 e. The Kier molecular flexibility index (Phi) is 5.26. The van der Waals surface area contributed by atoms with Crippen LogP contribution < -0.4 is 0 Å². The summed E-state index contributed by atoms with van der Waals surface area (Å²) in [5.41, 5.74) is 0. The lowest BCUT2D eigenvalue weighted by Crippen LogP contribution is -2.45. The average molecular weight is 213 g/mol. The molecule has 1 aliphatic rings. The summed E-state index contributed by atoms with van der Waals surface area (Å²) in [5.74, 6) is 0.279. The predicted octanol–water partition coefficient (Wildman–Crippen LogP) is 1.85. The average Bonchev–Trinajstić information content (AvgIpc) is 2.17. The summed E-state index contributed by atoms with van der Waals surface area (Å²) in [6.45, 7) is 8.73. The van der Waals surface area contributed by atoms with E-state index in [2.05, 4.69) is 11.8 Å². The molecular weight excluding hydrogens is 190 g/mol. The van der Waals surface area contributed by atoms with Gasteiger partial charge in [0.05, 0.1) is 6.10 Å². The van der Waals surface area contributed by atoms with Gasteiger partial charge in [0.15, 0.2) is 0 Å². The molecule has 1 fully saturated rings. The minimum Gasteiger partial charge on any atom is -0.377 e. The van der Waals surface area contributed by atoms with Crippen molar-refractivity contribution in [1.82, 2.24) is 4.90 Å². The number of hydrogen-bond acceptors (Lipinski definition) is 3. The fourth-order valence-corrected chi connectivity index (χ4v) is 2.28. The molecule has 2 unspecified atom stereocenters. The van der Waals surface area contributed by atoms with Crippen molar-refractivity contribution >= 4 is 5.78 Å². The SMILES string of the molecule is CCOC1CCCN(C(C)CC(C)=O)C1. The molecule has 15 heavy (non-hydrogen) atoms. The van der Waals surface area contributed by atoms with Crippen LogP contribution in [-0.4, -0.2) is 42.5 Å². The number of ketones is 1. The summed E-state index contributed by atoms with van der Waals surface area (Å²) < 4.78 is 5.64. The highest BCUT2D eigenvalue weighted by molar-refractivity contribution is 5.76. The van der Waals surface area contributed by atoms with Crippen molar-refractivity contribution in [3.8, 4) is 0 Å². The van der Waals surface area contributed by atoms with Crippen molar-refractivity contribution in [2.45, 2.75) is 52.2 Å². The highest BCUT2D eigenvalue weighted by Gasteiger charge is 2.24. The second kappa shape index (κ2) is 6.23. The number of rotatable bonds is 5. The normalized spacial score (nSPS) is 25.1. The zero-order valence-electron chi connectivity index (χ0n) is 10.2. The van der Waals surface area contributed by atoms with Crippen LogP contribution in [0.15, 0.2) is 0 Å². The number of carbonyl (C=O) groups is 1. The van der Waals surface area contributed by atoms with Crippen LogP contribution in [0.1, 0.15) is 40.0 Å². The lowest BCUT2D eigenvalue weighted by molar-refractivity contribution is -0.118. The third kappa shape index (κ3) is 4.31. The molecule has 0 aromatic carbocycles. The fraction of sp³-hybridized carbons (Fsp3) is 0.917. The monoisotopic (exact) mass is 213 g/mol. The molecule has 1 aliphatic heterocycles. The number of Topliss-reactive ketones (excluding diaryl/α,β-unsaturated/α-hetero) is 1. The molecular formula is C12H23NO2. The van der Waals surface area contributed by atoms with Crippen molar-refractivity contribution in [2.24, 2.45) is 0 Å². The molecule has 0 saturated carbocycles. The third-order valence-electron chi connectivity index (χ3n) is 3.02. The Bertz CT molecular complexity index is 204. The van der Waals surface area contributed by atoms with Gasteiger partial charge in [-0.25, -0.2) is 0 Å². The molecule has 0 spiro atoms. The first kappa shape index (κ1) is 12.7. The lowest BCUT2D eigenvalue weighted by atomic mass is 10.0. The van der Waals surface area contributed by atoms with E-state index < -0.39 is 0 Å². The maximum Gasteiger partial charge on any atom is 0.131 e. The van der Waals surface area contributed by atoms with Gasteiger partial charge in [0.2, 0.25) is 0 Å². The molecule has 3 nitrogen and oxygen atoms in total. The van der Waals surface area contributed by atoms with E-state index in [-0.39, 0.29) is 5.78 Å². The third-order valence-corrected chi connectivity index (χ3v) is 3.02. The van der Waals surface area contributed by atoms with Crippen LogP contribution in [0, 0.1) is 0 Å². The molecule has 0 aliphatic carbocycles. The molecule has 0 aromatic rings. The standard InChI is InChI=1S/C12H23NO2/c1-4-15-12-6-5-7-13(9-12)10(2)8-11(3)14/h10,12H,4-9H2,1-3H3. The Labute approximate surface area is 92.8 Å². The van der Waals surface area contributed by atoms with Crippen molar-refractivity contribution in [3.05, 3.63) is 0 Å². The van der Waals surface area contributed by atoms with Crippen LogP contribution >= 0.6 is 0 Å². The Morgan fingerprint density at radius 1 is 1.60 bits per heavy atom. The van der Waals surface area contributed by atoms with E-state index in [1.54, 1.807) is 6.92 Å². The summed E-state index contributed by atoms with van der Waals surface area (Å²) in [6, 6.07) is 0.366. The van der Waals surface area contributed by atoms with Gasteiger partial charge < -0.3 is 4.74 Å². The molecule has 2 atom stereocenters. The van der Waals surface area contributed by atoms with Crippen LogP contribution in [0.3, 0.4) is 0 Å². The van der Waals surface area contributed by atoms with Crippen molar-refractivity contribution in [2.75, 3.05) is 19.7 Å². The summed E-state index contributed by atoms with van der Waals surface area (Å²) >= 11 is 0. The van der Waals surface area contributed by atoms with Crippen molar-refractivity contribution < 1.29 is 9.53 Å². The lowest BCUT2D eigenvalue weighted by Gasteiger charge is -2.36. The zero-order chi connectivity index (χ0) is 11.3. The molecule has 0 bridgehead atoms. The molecule has 1 saturated heterocycles. The van der Waals surface area contributed by atoms with Gasteiger partial charge in [-0.15, -0.1) is 0 Å². The van der Waals surface area contributed by atoms with E-state index in [4.69, 9.17) is 4.74 Å². The highest BCUT2D eigenvalue weighted by atomic mass is 16.5. The molecule has 3 heteroatoms. The maximum atomic E-state index is 11.0. The second-order valence-corrected chi connectivity index (χ2v) is 4.47. The number of hydrogen-bond donors (Lipinski definition) is 0.